The molecule has 0 unspecified atom stereocenters. The van der Waals surface area contributed by atoms with Gasteiger partial charge in [0, 0.05) is 12.0 Å². The Balaban J connectivity index is 1.66. The Hall–Kier alpha value is -2.18. The van der Waals surface area contributed by atoms with E-state index in [2.05, 4.69) is 35.6 Å². The minimum atomic E-state index is -0.626. The highest BCUT2D eigenvalue weighted by Gasteiger charge is 2.52. The summed E-state index contributed by atoms with van der Waals surface area (Å²) in [6.07, 6.45) is 1.13. The molecule has 2 aromatic rings. The summed E-state index contributed by atoms with van der Waals surface area (Å²) in [6, 6.07) is 9.64. The Labute approximate surface area is 166 Å². The van der Waals surface area contributed by atoms with Crippen LogP contribution in [0, 0.1) is 0 Å². The lowest BCUT2D eigenvalue weighted by Crippen LogP contribution is -2.48. The van der Waals surface area contributed by atoms with E-state index in [1.54, 1.807) is 4.68 Å². The molecule has 0 bridgehead atoms. The molecule has 1 aliphatic heterocycles. The monoisotopic (exact) mass is 382 g/mol. The Morgan fingerprint density at radius 2 is 2.07 bits per heavy atom. The van der Waals surface area contributed by atoms with Crippen molar-refractivity contribution in [3.05, 3.63) is 52.8 Å². The van der Waals surface area contributed by atoms with Crippen LogP contribution in [0.5, 0.6) is 0 Å². The molecule has 6 nitrogen and oxygen atoms in total. The van der Waals surface area contributed by atoms with Crippen LogP contribution in [0.15, 0.2) is 30.3 Å². The first-order valence-corrected chi connectivity index (χ1v) is 10.3. The zero-order chi connectivity index (χ0) is 19.9. The van der Waals surface area contributed by atoms with Crippen LogP contribution in [0.2, 0.25) is 0 Å². The number of hydrogen-bond acceptors (Lipinski definition) is 4. The maximum atomic E-state index is 13.1. The van der Waals surface area contributed by atoms with Crippen molar-refractivity contribution in [3.63, 3.8) is 0 Å². The van der Waals surface area contributed by atoms with Gasteiger partial charge in [-0.25, -0.2) is 0 Å². The Bertz CT molecular complexity index is 867. The third kappa shape index (κ3) is 2.95. The van der Waals surface area contributed by atoms with Gasteiger partial charge in [0.25, 0.3) is 5.91 Å². The number of nitrogens with zero attached hydrogens (tertiary/aromatic N) is 2. The van der Waals surface area contributed by atoms with E-state index in [9.17, 15) is 9.90 Å². The number of fused-ring (bicyclic) bond motifs is 2. The number of rotatable bonds is 4. The standard InChI is InChI=1S/C22H30N4O2/c1-4-26-18(13-17(25-26)14(2)3)21(28)24-19-15-7-5-6-8-16(15)22(20(19)27)9-11-23-12-10-22/h5-8,13-14,19-20,23,27H,4,9-12H2,1-3H3,(H,24,28)/t19-,20+/m0/s1. The summed E-state index contributed by atoms with van der Waals surface area (Å²) in [4.78, 5) is 13.1. The van der Waals surface area contributed by atoms with Gasteiger partial charge in [-0.15, -0.1) is 0 Å². The number of piperidine rings is 1. The molecule has 150 valence electrons. The number of aliphatic hydroxyl groups excluding tert-OH is 1. The van der Waals surface area contributed by atoms with Gasteiger partial charge in [-0.2, -0.15) is 5.10 Å². The highest BCUT2D eigenvalue weighted by Crippen LogP contribution is 2.50. The molecule has 1 aliphatic carbocycles. The minimum absolute atomic E-state index is 0.175. The maximum absolute atomic E-state index is 13.1. The molecule has 1 fully saturated rings. The second-order valence-corrected chi connectivity index (χ2v) is 8.31. The fourth-order valence-electron chi connectivity index (χ4n) is 4.82. The summed E-state index contributed by atoms with van der Waals surface area (Å²) in [6.45, 7) is 8.52. The second kappa shape index (κ2) is 7.33. The highest BCUT2D eigenvalue weighted by molar-refractivity contribution is 5.93. The van der Waals surface area contributed by atoms with E-state index in [-0.39, 0.29) is 17.2 Å². The summed E-state index contributed by atoms with van der Waals surface area (Å²) < 4.78 is 1.75. The molecule has 1 aromatic carbocycles. The summed E-state index contributed by atoms with van der Waals surface area (Å²) in [5.41, 5.74) is 3.41. The van der Waals surface area contributed by atoms with Gasteiger partial charge in [0.15, 0.2) is 0 Å². The van der Waals surface area contributed by atoms with Gasteiger partial charge in [0.2, 0.25) is 0 Å². The molecule has 2 aliphatic rings. The zero-order valence-electron chi connectivity index (χ0n) is 16.9. The van der Waals surface area contributed by atoms with Crippen LogP contribution in [0.4, 0.5) is 0 Å². The number of aryl methyl sites for hydroxylation is 1. The normalized spacial score (nSPS) is 23.2. The van der Waals surface area contributed by atoms with Crippen LogP contribution in [-0.2, 0) is 12.0 Å². The first-order valence-electron chi connectivity index (χ1n) is 10.3. The SMILES string of the molecule is CCn1nc(C(C)C)cc1C(=O)N[C@H]1c2ccccc2C2(CCNCC2)[C@@H]1O. The third-order valence-corrected chi connectivity index (χ3v) is 6.42. The Kier molecular flexibility index (Phi) is 5.02. The second-order valence-electron chi connectivity index (χ2n) is 8.31. The Morgan fingerprint density at radius 3 is 2.75 bits per heavy atom. The number of benzene rings is 1. The molecular weight excluding hydrogens is 352 g/mol. The highest BCUT2D eigenvalue weighted by atomic mass is 16.3. The fourth-order valence-corrected chi connectivity index (χ4v) is 4.82. The molecule has 1 spiro atoms. The van der Waals surface area contributed by atoms with Crippen molar-refractivity contribution in [1.82, 2.24) is 20.4 Å². The minimum Gasteiger partial charge on any atom is -0.390 e. The topological polar surface area (TPSA) is 79.2 Å². The van der Waals surface area contributed by atoms with Crippen molar-refractivity contribution >= 4 is 5.91 Å². The average molecular weight is 383 g/mol. The molecule has 0 radical (unpaired) electrons. The molecule has 1 saturated heterocycles. The van der Waals surface area contributed by atoms with Crippen LogP contribution in [0.25, 0.3) is 0 Å². The number of carbonyl (C=O) groups is 1. The summed E-state index contributed by atoms with van der Waals surface area (Å²) in [5.74, 6) is 0.0845. The predicted octanol–water partition coefficient (Wildman–Crippen LogP) is 2.49. The average Bonchev–Trinajstić information content (AvgIpc) is 3.24. The molecule has 6 heteroatoms. The van der Waals surface area contributed by atoms with Gasteiger partial charge in [-0.1, -0.05) is 38.1 Å². The van der Waals surface area contributed by atoms with Gasteiger partial charge in [0.1, 0.15) is 5.69 Å². The van der Waals surface area contributed by atoms with Crippen LogP contribution in [-0.4, -0.2) is 40.0 Å². The molecule has 2 heterocycles. The molecule has 3 N–H and O–H groups in total. The number of nitrogens with one attached hydrogen (secondary N) is 2. The summed E-state index contributed by atoms with van der Waals surface area (Å²) >= 11 is 0. The van der Waals surface area contributed by atoms with Crippen molar-refractivity contribution in [2.75, 3.05) is 13.1 Å². The molecule has 0 saturated carbocycles. The van der Waals surface area contributed by atoms with E-state index in [1.807, 2.05) is 31.2 Å². The summed E-state index contributed by atoms with van der Waals surface area (Å²) in [7, 11) is 0. The van der Waals surface area contributed by atoms with Crippen LogP contribution >= 0.6 is 0 Å². The zero-order valence-corrected chi connectivity index (χ0v) is 16.9. The van der Waals surface area contributed by atoms with E-state index in [0.29, 0.717) is 12.2 Å². The smallest absolute Gasteiger partial charge is 0.270 e. The van der Waals surface area contributed by atoms with E-state index in [0.717, 1.165) is 37.2 Å². The van der Waals surface area contributed by atoms with Crippen molar-refractivity contribution in [3.8, 4) is 0 Å². The molecule has 4 rings (SSSR count). The van der Waals surface area contributed by atoms with Crippen molar-refractivity contribution in [2.24, 2.45) is 0 Å². The van der Waals surface area contributed by atoms with Gasteiger partial charge in [-0.05, 0) is 56.0 Å². The van der Waals surface area contributed by atoms with Crippen molar-refractivity contribution < 1.29 is 9.90 Å². The van der Waals surface area contributed by atoms with Gasteiger partial charge in [-0.3, -0.25) is 9.48 Å². The Morgan fingerprint density at radius 1 is 1.36 bits per heavy atom. The lowest BCUT2D eigenvalue weighted by Gasteiger charge is -2.38. The number of carbonyl (C=O) groups excluding carboxylic acids is 1. The summed E-state index contributed by atoms with van der Waals surface area (Å²) in [5, 5.41) is 22.4. The van der Waals surface area contributed by atoms with Crippen molar-refractivity contribution in [1.29, 1.82) is 0 Å². The first-order chi connectivity index (χ1) is 13.5. The fraction of sp³-hybridized carbons (Fsp3) is 0.545. The molecule has 28 heavy (non-hydrogen) atoms. The molecule has 1 aromatic heterocycles. The lowest BCUT2D eigenvalue weighted by atomic mass is 9.72. The van der Waals surface area contributed by atoms with E-state index in [1.165, 1.54) is 5.56 Å². The van der Waals surface area contributed by atoms with Gasteiger partial charge >= 0.3 is 0 Å². The van der Waals surface area contributed by atoms with E-state index in [4.69, 9.17) is 0 Å². The lowest BCUT2D eigenvalue weighted by molar-refractivity contribution is 0.0415. The van der Waals surface area contributed by atoms with Crippen LogP contribution < -0.4 is 10.6 Å². The maximum Gasteiger partial charge on any atom is 0.270 e. The van der Waals surface area contributed by atoms with Gasteiger partial charge < -0.3 is 15.7 Å². The van der Waals surface area contributed by atoms with E-state index >= 15 is 0 Å². The number of hydrogen-bond donors (Lipinski definition) is 3. The van der Waals surface area contributed by atoms with Crippen LogP contribution in [0.3, 0.4) is 0 Å². The molecule has 1 amide bonds. The first kappa shape index (κ1) is 19.2. The number of aromatic nitrogens is 2. The largest absolute Gasteiger partial charge is 0.390 e. The molecular formula is C22H30N4O2. The quantitative estimate of drug-likeness (QED) is 0.759. The third-order valence-electron chi connectivity index (χ3n) is 6.42. The van der Waals surface area contributed by atoms with Gasteiger partial charge in [0.05, 0.1) is 17.8 Å². The van der Waals surface area contributed by atoms with E-state index < -0.39 is 12.1 Å². The van der Waals surface area contributed by atoms with Crippen LogP contribution in [0.1, 0.15) is 72.9 Å². The van der Waals surface area contributed by atoms with Crippen molar-refractivity contribution in [2.45, 2.75) is 63.6 Å². The molecule has 2 atom stereocenters. The predicted molar refractivity (Wildman–Crippen MR) is 108 cm³/mol. The number of aliphatic hydroxyl groups is 1. The number of amides is 1.